The lowest BCUT2D eigenvalue weighted by Crippen LogP contribution is -2.59. The molecule has 8 heteroatoms. The van der Waals surface area contributed by atoms with E-state index in [2.05, 4.69) is 5.32 Å². The number of piperidine rings is 1. The number of para-hydroxylation sites is 1. The molecule has 1 saturated heterocycles. The molecule has 1 aliphatic rings. The molecule has 26 heavy (non-hydrogen) atoms. The number of likely N-dealkylation sites (tertiary alicyclic amines) is 1. The Balaban J connectivity index is 2.26. The van der Waals surface area contributed by atoms with Crippen molar-refractivity contribution in [1.82, 2.24) is 4.90 Å². The molecule has 0 spiro atoms. The number of benzene rings is 1. The molecule has 2 atom stereocenters. The minimum Gasteiger partial charge on any atom is -0.323 e. The summed E-state index contributed by atoms with van der Waals surface area (Å²) in [5, 5.41) is 21.7. The van der Waals surface area contributed by atoms with Gasteiger partial charge in [-0.2, -0.15) is 10.5 Å². The maximum Gasteiger partial charge on any atom is 0.247 e. The van der Waals surface area contributed by atoms with E-state index < -0.39 is 41.5 Å². The normalized spacial score (nSPS) is 25.3. The van der Waals surface area contributed by atoms with Gasteiger partial charge < -0.3 is 5.32 Å². The molecule has 1 aliphatic heterocycles. The lowest BCUT2D eigenvalue weighted by molar-refractivity contribution is -0.162. The maximum atomic E-state index is 12.6. The van der Waals surface area contributed by atoms with E-state index in [4.69, 9.17) is 11.6 Å². The van der Waals surface area contributed by atoms with Gasteiger partial charge in [0.1, 0.15) is 18.4 Å². The van der Waals surface area contributed by atoms with Crippen LogP contribution in [0.2, 0.25) is 5.02 Å². The Bertz CT molecular complexity index is 806. The zero-order valence-electron chi connectivity index (χ0n) is 14.3. The molecule has 0 saturated carbocycles. The van der Waals surface area contributed by atoms with Gasteiger partial charge in [0.05, 0.1) is 22.8 Å². The van der Waals surface area contributed by atoms with Crippen LogP contribution in [0.15, 0.2) is 24.3 Å². The van der Waals surface area contributed by atoms with Crippen molar-refractivity contribution in [3.8, 4) is 12.1 Å². The van der Waals surface area contributed by atoms with Gasteiger partial charge in [0.15, 0.2) is 0 Å². The molecular weight excluding hydrogens is 356 g/mol. The number of nitriles is 2. The number of halogens is 1. The predicted octanol–water partition coefficient (Wildman–Crippen LogP) is 2.34. The van der Waals surface area contributed by atoms with Gasteiger partial charge in [-0.05, 0) is 18.6 Å². The van der Waals surface area contributed by atoms with Crippen LogP contribution >= 0.6 is 11.6 Å². The zero-order valence-corrected chi connectivity index (χ0v) is 15.1. The van der Waals surface area contributed by atoms with Crippen LogP contribution < -0.4 is 5.32 Å². The average Bonchev–Trinajstić information content (AvgIpc) is 2.61. The lowest BCUT2D eigenvalue weighted by atomic mass is 9.63. The minimum atomic E-state index is -1.18. The van der Waals surface area contributed by atoms with Crippen LogP contribution in [0.25, 0.3) is 0 Å². The zero-order chi connectivity index (χ0) is 19.5. The van der Waals surface area contributed by atoms with Gasteiger partial charge in [0.2, 0.25) is 17.7 Å². The molecule has 1 fully saturated rings. The fourth-order valence-corrected chi connectivity index (χ4v) is 3.20. The van der Waals surface area contributed by atoms with Crippen LogP contribution in [0.3, 0.4) is 0 Å². The van der Waals surface area contributed by atoms with E-state index in [9.17, 15) is 24.9 Å². The van der Waals surface area contributed by atoms with E-state index in [1.165, 1.54) is 0 Å². The molecule has 1 aromatic carbocycles. The van der Waals surface area contributed by atoms with Crippen molar-refractivity contribution in [1.29, 1.82) is 10.5 Å². The second kappa shape index (κ2) is 7.55. The van der Waals surface area contributed by atoms with Crippen molar-refractivity contribution in [3.05, 3.63) is 29.3 Å². The highest BCUT2D eigenvalue weighted by Crippen LogP contribution is 2.44. The summed E-state index contributed by atoms with van der Waals surface area (Å²) in [5.74, 6) is -4.52. The Morgan fingerprint density at radius 1 is 1.23 bits per heavy atom. The van der Waals surface area contributed by atoms with E-state index in [-0.39, 0.29) is 0 Å². The van der Waals surface area contributed by atoms with Crippen molar-refractivity contribution in [3.63, 3.8) is 0 Å². The Labute approximate surface area is 156 Å². The Hall–Kier alpha value is -2.90. The van der Waals surface area contributed by atoms with Crippen LogP contribution in [0.1, 0.15) is 20.3 Å². The molecule has 3 amide bonds. The number of anilines is 1. The Morgan fingerprint density at radius 2 is 1.77 bits per heavy atom. The Kier molecular flexibility index (Phi) is 5.64. The van der Waals surface area contributed by atoms with Gasteiger partial charge >= 0.3 is 0 Å². The third-order valence-corrected chi connectivity index (χ3v) is 5.14. The summed E-state index contributed by atoms with van der Waals surface area (Å²) in [6.45, 7) is 2.71. The summed E-state index contributed by atoms with van der Waals surface area (Å²) < 4.78 is 0. The molecule has 0 aromatic heterocycles. The largest absolute Gasteiger partial charge is 0.323 e. The van der Waals surface area contributed by atoms with Crippen LogP contribution in [-0.2, 0) is 14.4 Å². The highest BCUT2D eigenvalue weighted by Gasteiger charge is 2.56. The molecule has 7 nitrogen and oxygen atoms in total. The van der Waals surface area contributed by atoms with Crippen molar-refractivity contribution in [2.24, 2.45) is 17.3 Å². The number of carbonyl (C=O) groups excluding carboxylic acids is 3. The molecular formula is C18H17ClN4O3. The first kappa shape index (κ1) is 19.4. The van der Waals surface area contributed by atoms with Gasteiger partial charge in [0, 0.05) is 5.41 Å². The van der Waals surface area contributed by atoms with Gasteiger partial charge in [-0.1, -0.05) is 37.6 Å². The SMILES string of the molecule is CCC1(C)C(C#N)C(=O)N(CC(=O)Nc2ccccc2Cl)C(=O)C1C#N. The van der Waals surface area contributed by atoms with Gasteiger partial charge in [-0.3, -0.25) is 19.3 Å². The molecule has 0 radical (unpaired) electrons. The van der Waals surface area contributed by atoms with Crippen molar-refractivity contribution < 1.29 is 14.4 Å². The summed E-state index contributed by atoms with van der Waals surface area (Å²) >= 11 is 5.97. The Morgan fingerprint density at radius 3 is 2.23 bits per heavy atom. The second-order valence-electron chi connectivity index (χ2n) is 6.27. The summed E-state index contributed by atoms with van der Waals surface area (Å²) in [6, 6.07) is 10.3. The number of rotatable bonds is 4. The summed E-state index contributed by atoms with van der Waals surface area (Å²) in [5.41, 5.74) is -0.754. The number of amides is 3. The number of imide groups is 1. The highest BCUT2D eigenvalue weighted by molar-refractivity contribution is 6.33. The molecule has 1 N–H and O–H groups in total. The average molecular weight is 373 g/mol. The van der Waals surface area contributed by atoms with Gasteiger partial charge in [-0.15, -0.1) is 0 Å². The minimum absolute atomic E-state index is 0.306. The number of nitrogens with zero attached hydrogens (tertiary/aromatic N) is 3. The number of hydrogen-bond donors (Lipinski definition) is 1. The van der Waals surface area contributed by atoms with E-state index in [1.54, 1.807) is 38.1 Å². The highest BCUT2D eigenvalue weighted by atomic mass is 35.5. The molecule has 0 aliphatic carbocycles. The molecule has 134 valence electrons. The smallest absolute Gasteiger partial charge is 0.247 e. The van der Waals surface area contributed by atoms with Crippen LogP contribution in [0.4, 0.5) is 5.69 Å². The third kappa shape index (κ3) is 3.26. The van der Waals surface area contributed by atoms with Gasteiger partial charge in [-0.25, -0.2) is 0 Å². The predicted molar refractivity (Wildman–Crippen MR) is 93.4 cm³/mol. The standard InChI is InChI=1S/C18H17ClN4O3/c1-3-18(2)11(8-20)16(25)23(17(26)12(18)9-21)10-15(24)22-14-7-5-4-6-13(14)19/h4-7,11-12H,3,10H2,1-2H3,(H,22,24). The summed E-state index contributed by atoms with van der Waals surface area (Å²) in [6.07, 6.45) is 0.306. The maximum absolute atomic E-state index is 12.6. The molecule has 1 aromatic rings. The third-order valence-electron chi connectivity index (χ3n) is 4.81. The number of hydrogen-bond acceptors (Lipinski definition) is 5. The van der Waals surface area contributed by atoms with E-state index in [0.29, 0.717) is 22.0 Å². The van der Waals surface area contributed by atoms with E-state index in [1.807, 2.05) is 12.1 Å². The first-order valence-corrected chi connectivity index (χ1v) is 8.36. The monoisotopic (exact) mass is 372 g/mol. The quantitative estimate of drug-likeness (QED) is 0.814. The number of nitrogens with one attached hydrogen (secondary N) is 1. The number of carbonyl (C=O) groups is 3. The topological polar surface area (TPSA) is 114 Å². The van der Waals surface area contributed by atoms with Crippen molar-refractivity contribution in [2.45, 2.75) is 20.3 Å². The van der Waals surface area contributed by atoms with Crippen LogP contribution in [-0.4, -0.2) is 29.2 Å². The molecule has 0 bridgehead atoms. The summed E-state index contributed by atoms with van der Waals surface area (Å²) in [4.78, 5) is 38.2. The fraction of sp³-hybridized carbons (Fsp3) is 0.389. The van der Waals surface area contributed by atoms with E-state index in [0.717, 1.165) is 0 Å². The fourth-order valence-electron chi connectivity index (χ4n) is 3.02. The van der Waals surface area contributed by atoms with Gasteiger partial charge in [0.25, 0.3) is 0 Å². The van der Waals surface area contributed by atoms with Crippen LogP contribution in [0, 0.1) is 39.9 Å². The van der Waals surface area contributed by atoms with E-state index >= 15 is 0 Å². The van der Waals surface area contributed by atoms with Crippen molar-refractivity contribution >= 4 is 35.0 Å². The lowest BCUT2D eigenvalue weighted by Gasteiger charge is -2.43. The first-order chi connectivity index (χ1) is 12.3. The second-order valence-corrected chi connectivity index (χ2v) is 6.68. The first-order valence-electron chi connectivity index (χ1n) is 7.99. The van der Waals surface area contributed by atoms with Crippen LogP contribution in [0.5, 0.6) is 0 Å². The molecule has 1 heterocycles. The molecule has 2 rings (SSSR count). The summed E-state index contributed by atoms with van der Waals surface area (Å²) in [7, 11) is 0. The van der Waals surface area contributed by atoms with Crippen molar-refractivity contribution in [2.75, 3.05) is 11.9 Å². The molecule has 2 unspecified atom stereocenters.